The lowest BCUT2D eigenvalue weighted by atomic mass is 9.72. The lowest BCUT2D eigenvalue weighted by Crippen LogP contribution is -2.41. The number of H-pyrrole nitrogens is 1. The molecule has 3 rings (SSSR count). The molecule has 0 saturated heterocycles. The number of thioether (sulfide) groups is 1. The van der Waals surface area contributed by atoms with Gasteiger partial charge in [-0.3, -0.25) is 25.2 Å². The summed E-state index contributed by atoms with van der Waals surface area (Å²) in [4.78, 5) is 44.4. The van der Waals surface area contributed by atoms with Crippen molar-refractivity contribution in [2.45, 2.75) is 52.1 Å². The Morgan fingerprint density at radius 1 is 1.33 bits per heavy atom. The predicted octanol–water partition coefficient (Wildman–Crippen LogP) is 2.40. The molecule has 0 saturated carbocycles. The van der Waals surface area contributed by atoms with E-state index in [4.69, 9.17) is 0 Å². The summed E-state index contributed by atoms with van der Waals surface area (Å²) in [5, 5.41) is 1.12. The van der Waals surface area contributed by atoms with E-state index in [0.29, 0.717) is 16.5 Å². The first-order valence-corrected chi connectivity index (χ1v) is 10.7. The van der Waals surface area contributed by atoms with Gasteiger partial charge < -0.3 is 4.98 Å². The number of aryl methyl sites for hydroxylation is 1. The van der Waals surface area contributed by atoms with Gasteiger partial charge in [0.05, 0.1) is 11.1 Å². The van der Waals surface area contributed by atoms with Gasteiger partial charge in [0.25, 0.3) is 5.56 Å². The number of rotatable bonds is 3. The summed E-state index contributed by atoms with van der Waals surface area (Å²) < 4.78 is 0. The van der Waals surface area contributed by atoms with E-state index in [0.717, 1.165) is 41.4 Å². The van der Waals surface area contributed by atoms with E-state index in [-0.39, 0.29) is 28.5 Å². The van der Waals surface area contributed by atoms with Crippen LogP contribution >= 0.6 is 23.1 Å². The Morgan fingerprint density at radius 2 is 2.07 bits per heavy atom. The van der Waals surface area contributed by atoms with E-state index in [1.54, 1.807) is 11.3 Å². The van der Waals surface area contributed by atoms with Gasteiger partial charge in [-0.15, -0.1) is 11.3 Å². The molecule has 2 heterocycles. The summed E-state index contributed by atoms with van der Waals surface area (Å²) in [5.41, 5.74) is 5.76. The molecule has 2 amide bonds. The average Bonchev–Trinajstić information content (AvgIpc) is 2.95. The lowest BCUT2D eigenvalue weighted by Gasteiger charge is -2.33. The lowest BCUT2D eigenvalue weighted by molar-refractivity contribution is -0.126. The molecule has 0 aromatic carbocycles. The van der Waals surface area contributed by atoms with Crippen molar-refractivity contribution in [3.63, 3.8) is 0 Å². The molecule has 0 radical (unpaired) electrons. The number of nitrogens with one attached hydrogen (secondary N) is 3. The fourth-order valence-electron chi connectivity index (χ4n) is 3.30. The van der Waals surface area contributed by atoms with Crippen molar-refractivity contribution >= 4 is 45.1 Å². The van der Waals surface area contributed by atoms with E-state index in [9.17, 15) is 14.4 Å². The molecule has 0 spiro atoms. The minimum atomic E-state index is -0.364. The van der Waals surface area contributed by atoms with E-state index in [2.05, 4.69) is 41.6 Å². The van der Waals surface area contributed by atoms with E-state index >= 15 is 0 Å². The molecule has 2 aromatic rings. The van der Waals surface area contributed by atoms with Crippen molar-refractivity contribution < 1.29 is 9.59 Å². The summed E-state index contributed by atoms with van der Waals surface area (Å²) in [7, 11) is 0. The minimum Gasteiger partial charge on any atom is -0.301 e. The van der Waals surface area contributed by atoms with Crippen LogP contribution < -0.4 is 16.4 Å². The highest BCUT2D eigenvalue weighted by Crippen LogP contribution is 2.42. The number of hydrogen-bond donors (Lipinski definition) is 3. The standard InChI is InChI=1S/C18H24N4O3S2/c1-9(23)21-22-13(24)8-26-17-19-15(25)14-11-6-5-10(18(2,3)4)7-12(11)27-16(14)20-17/h10H,5-8H2,1-4H3,(H,21,23)(H,22,24)(H,19,20,25)/t10-/m1/s1. The molecule has 0 fully saturated rings. The van der Waals surface area contributed by atoms with Crippen molar-refractivity contribution in [1.29, 1.82) is 0 Å². The van der Waals surface area contributed by atoms with Crippen LogP contribution in [0.2, 0.25) is 0 Å². The molecule has 146 valence electrons. The number of carbonyl (C=O) groups is 2. The quantitative estimate of drug-likeness (QED) is 0.411. The van der Waals surface area contributed by atoms with Crippen LogP contribution in [0.1, 0.15) is 44.6 Å². The summed E-state index contributed by atoms with van der Waals surface area (Å²) in [5.74, 6) is -0.0646. The first kappa shape index (κ1) is 19.9. The van der Waals surface area contributed by atoms with Crippen molar-refractivity contribution in [2.24, 2.45) is 11.3 Å². The Hall–Kier alpha value is -1.87. The molecule has 27 heavy (non-hydrogen) atoms. The third kappa shape index (κ3) is 4.52. The van der Waals surface area contributed by atoms with Crippen LogP contribution in [0.25, 0.3) is 10.2 Å². The maximum atomic E-state index is 12.6. The summed E-state index contributed by atoms with van der Waals surface area (Å²) >= 11 is 2.73. The van der Waals surface area contributed by atoms with Gasteiger partial charge in [0, 0.05) is 11.8 Å². The number of amides is 2. The number of aromatic nitrogens is 2. The second kappa shape index (κ2) is 7.63. The SMILES string of the molecule is CC(=O)NNC(=O)CSc1nc2sc3c(c2c(=O)[nH]1)CC[C@@H](C(C)(C)C)C3. The normalized spacial score (nSPS) is 16.8. The molecule has 3 N–H and O–H groups in total. The molecule has 1 atom stereocenters. The molecular weight excluding hydrogens is 384 g/mol. The zero-order valence-electron chi connectivity index (χ0n) is 15.9. The zero-order chi connectivity index (χ0) is 19.8. The third-order valence-corrected chi connectivity index (χ3v) is 6.86. The average molecular weight is 409 g/mol. The van der Waals surface area contributed by atoms with Gasteiger partial charge in [-0.05, 0) is 36.2 Å². The van der Waals surface area contributed by atoms with Crippen LogP contribution in [-0.2, 0) is 22.4 Å². The summed E-state index contributed by atoms with van der Waals surface area (Å²) in [6.45, 7) is 8.11. The molecule has 0 unspecified atom stereocenters. The highest BCUT2D eigenvalue weighted by molar-refractivity contribution is 7.99. The van der Waals surface area contributed by atoms with Crippen molar-refractivity contribution in [2.75, 3.05) is 5.75 Å². The second-order valence-corrected chi connectivity index (χ2v) is 9.93. The molecule has 0 bridgehead atoms. The number of carbonyl (C=O) groups excluding carboxylic acids is 2. The van der Waals surface area contributed by atoms with Crippen LogP contribution in [-0.4, -0.2) is 27.5 Å². The van der Waals surface area contributed by atoms with Crippen LogP contribution in [0.3, 0.4) is 0 Å². The Balaban J connectivity index is 1.79. The molecule has 7 nitrogen and oxygen atoms in total. The first-order valence-electron chi connectivity index (χ1n) is 8.88. The second-order valence-electron chi connectivity index (χ2n) is 7.88. The Morgan fingerprint density at radius 3 is 2.74 bits per heavy atom. The van der Waals surface area contributed by atoms with Gasteiger partial charge >= 0.3 is 0 Å². The molecule has 1 aliphatic carbocycles. The number of aromatic amines is 1. The highest BCUT2D eigenvalue weighted by Gasteiger charge is 2.31. The predicted molar refractivity (Wildman–Crippen MR) is 108 cm³/mol. The number of fused-ring (bicyclic) bond motifs is 3. The number of hydrazine groups is 1. The molecular formula is C18H24N4O3S2. The van der Waals surface area contributed by atoms with Gasteiger partial charge in [0.1, 0.15) is 4.83 Å². The molecule has 2 aromatic heterocycles. The summed E-state index contributed by atoms with van der Waals surface area (Å²) in [6, 6.07) is 0. The Bertz CT molecular complexity index is 942. The smallest absolute Gasteiger partial charge is 0.260 e. The number of hydrogen-bond acceptors (Lipinski definition) is 6. The maximum absolute atomic E-state index is 12.6. The van der Waals surface area contributed by atoms with Crippen molar-refractivity contribution in [3.05, 3.63) is 20.8 Å². The molecule has 1 aliphatic rings. The zero-order valence-corrected chi connectivity index (χ0v) is 17.5. The monoisotopic (exact) mass is 408 g/mol. The minimum absolute atomic E-state index is 0.0475. The number of thiophene rings is 1. The largest absolute Gasteiger partial charge is 0.301 e. The highest BCUT2D eigenvalue weighted by atomic mass is 32.2. The number of nitrogens with zero attached hydrogens (tertiary/aromatic N) is 1. The summed E-state index contributed by atoms with van der Waals surface area (Å²) in [6.07, 6.45) is 2.98. The molecule has 0 aliphatic heterocycles. The van der Waals surface area contributed by atoms with Gasteiger partial charge in [-0.1, -0.05) is 32.5 Å². The fourth-order valence-corrected chi connectivity index (χ4v) is 5.32. The molecule has 9 heteroatoms. The maximum Gasteiger partial charge on any atom is 0.260 e. The van der Waals surface area contributed by atoms with Crippen molar-refractivity contribution in [1.82, 2.24) is 20.8 Å². The van der Waals surface area contributed by atoms with Gasteiger partial charge in [0.15, 0.2) is 5.16 Å². The van der Waals surface area contributed by atoms with Crippen molar-refractivity contribution in [3.8, 4) is 0 Å². The van der Waals surface area contributed by atoms with E-state index in [1.807, 2.05) is 0 Å². The van der Waals surface area contributed by atoms with Gasteiger partial charge in [-0.2, -0.15) is 0 Å². The van der Waals surface area contributed by atoms with Crippen LogP contribution in [0, 0.1) is 11.3 Å². The topological polar surface area (TPSA) is 104 Å². The van der Waals surface area contributed by atoms with Gasteiger partial charge in [-0.25, -0.2) is 4.98 Å². The third-order valence-electron chi connectivity index (χ3n) is 4.84. The van der Waals surface area contributed by atoms with Crippen LogP contribution in [0.4, 0.5) is 0 Å². The fraction of sp³-hybridized carbons (Fsp3) is 0.556. The first-order chi connectivity index (χ1) is 12.6. The van der Waals surface area contributed by atoms with Gasteiger partial charge in [0.2, 0.25) is 11.8 Å². The Labute approximate surface area is 165 Å². The van der Waals surface area contributed by atoms with E-state index in [1.165, 1.54) is 11.8 Å². The van der Waals surface area contributed by atoms with E-state index < -0.39 is 0 Å². The van der Waals surface area contributed by atoms with Crippen LogP contribution in [0.15, 0.2) is 9.95 Å². The van der Waals surface area contributed by atoms with Crippen LogP contribution in [0.5, 0.6) is 0 Å². The Kier molecular flexibility index (Phi) is 5.62.